The van der Waals surface area contributed by atoms with Crippen molar-refractivity contribution in [1.29, 1.82) is 5.26 Å². The molecule has 0 spiro atoms. The molecule has 3 unspecified atom stereocenters. The van der Waals surface area contributed by atoms with Gasteiger partial charge in [0, 0.05) is 57.9 Å². The predicted molar refractivity (Wildman–Crippen MR) is 144 cm³/mol. The summed E-state index contributed by atoms with van der Waals surface area (Å²) in [6.07, 6.45) is 6.81. The molecule has 4 aliphatic heterocycles. The first-order valence-electron chi connectivity index (χ1n) is 14.0. The number of nitrogens with zero attached hydrogens (tertiary/aromatic N) is 4. The second-order valence-corrected chi connectivity index (χ2v) is 11.8. The molecule has 0 radical (unpaired) electrons. The maximum Gasteiger partial charge on any atom is 0.221 e. The SMILES string of the molecule is C=C(CNC1(C)CCN(CC23OCCCC2OC(C)(C)O3)CC1)N1CCCC1C#N.CCC(=O)N(C)C. The average Bonchev–Trinajstić information content (AvgIpc) is 3.44. The molecule has 9 heteroatoms. The summed E-state index contributed by atoms with van der Waals surface area (Å²) in [7, 11) is 3.51. The first-order chi connectivity index (χ1) is 17.4. The van der Waals surface area contributed by atoms with Gasteiger partial charge in [-0.15, -0.1) is 0 Å². The average molecular weight is 520 g/mol. The number of nitrogens with one attached hydrogen (secondary N) is 1. The zero-order chi connectivity index (χ0) is 27.3. The Bertz CT molecular complexity index is 833. The van der Waals surface area contributed by atoms with Gasteiger partial charge in [0.25, 0.3) is 0 Å². The lowest BCUT2D eigenvalue weighted by Crippen LogP contribution is -2.58. The number of carbonyl (C=O) groups is 1. The second kappa shape index (κ2) is 12.4. The monoisotopic (exact) mass is 519 g/mol. The summed E-state index contributed by atoms with van der Waals surface area (Å²) >= 11 is 0. The van der Waals surface area contributed by atoms with E-state index < -0.39 is 11.6 Å². The van der Waals surface area contributed by atoms with Gasteiger partial charge in [0.1, 0.15) is 12.1 Å². The summed E-state index contributed by atoms with van der Waals surface area (Å²) in [4.78, 5) is 16.7. The molecule has 1 amide bonds. The molecule has 0 aliphatic carbocycles. The van der Waals surface area contributed by atoms with E-state index in [0.29, 0.717) is 6.42 Å². The normalized spacial score (nSPS) is 30.6. The van der Waals surface area contributed by atoms with Crippen LogP contribution in [0.3, 0.4) is 0 Å². The molecule has 3 atom stereocenters. The molecule has 0 bridgehead atoms. The Labute approximate surface area is 224 Å². The lowest BCUT2D eigenvalue weighted by Gasteiger charge is -2.45. The molecule has 0 saturated carbocycles. The number of carbonyl (C=O) groups excluding carboxylic acids is 1. The third kappa shape index (κ3) is 7.67. The van der Waals surface area contributed by atoms with Gasteiger partial charge in [-0.2, -0.15) is 5.26 Å². The maximum atomic E-state index is 10.4. The summed E-state index contributed by atoms with van der Waals surface area (Å²) in [5.41, 5.74) is 1.12. The molecular formula is C28H49N5O4. The van der Waals surface area contributed by atoms with Gasteiger partial charge in [-0.3, -0.25) is 9.69 Å². The summed E-state index contributed by atoms with van der Waals surface area (Å²) in [6, 6.07) is 2.40. The van der Waals surface area contributed by atoms with Crippen molar-refractivity contribution < 1.29 is 19.0 Å². The van der Waals surface area contributed by atoms with Gasteiger partial charge in [-0.1, -0.05) is 13.5 Å². The molecule has 4 aliphatic rings. The highest BCUT2D eigenvalue weighted by Crippen LogP contribution is 2.43. The van der Waals surface area contributed by atoms with Crippen LogP contribution in [-0.4, -0.2) is 103 Å². The standard InChI is InChI=1S/C23H38N4O3.C5H11NO/c1-18(27-11-5-7-19(27)15-24)16-25-22(4)9-12-26(13-10-22)17-23-20(8-6-14-28-23)29-21(2,3)30-23;1-4-5(7)6(2)3/h19-20,25H,1,5-14,16-17H2,2-4H3;4H2,1-3H3. The van der Waals surface area contributed by atoms with E-state index in [1.54, 1.807) is 19.0 Å². The van der Waals surface area contributed by atoms with E-state index in [0.717, 1.165) is 83.6 Å². The highest BCUT2D eigenvalue weighted by Gasteiger charge is 2.56. The molecule has 210 valence electrons. The van der Waals surface area contributed by atoms with E-state index >= 15 is 0 Å². The van der Waals surface area contributed by atoms with Crippen LogP contribution in [0, 0.1) is 11.3 Å². The molecule has 0 aromatic carbocycles. The molecule has 37 heavy (non-hydrogen) atoms. The molecule has 0 aromatic heterocycles. The Morgan fingerprint density at radius 2 is 1.86 bits per heavy atom. The van der Waals surface area contributed by atoms with Crippen LogP contribution in [0.15, 0.2) is 12.3 Å². The molecule has 4 rings (SSSR count). The summed E-state index contributed by atoms with van der Waals surface area (Å²) in [5, 5.41) is 13.1. The summed E-state index contributed by atoms with van der Waals surface area (Å²) < 4.78 is 18.6. The minimum absolute atomic E-state index is 0.00506. The van der Waals surface area contributed by atoms with Gasteiger partial charge >= 0.3 is 0 Å². The van der Waals surface area contributed by atoms with Crippen LogP contribution in [0.2, 0.25) is 0 Å². The number of hydrogen-bond donors (Lipinski definition) is 1. The van der Waals surface area contributed by atoms with Crippen molar-refractivity contribution in [3.63, 3.8) is 0 Å². The van der Waals surface area contributed by atoms with Gasteiger partial charge in [-0.05, 0) is 59.3 Å². The van der Waals surface area contributed by atoms with Crippen LogP contribution in [0.1, 0.15) is 72.6 Å². The lowest BCUT2D eigenvalue weighted by molar-refractivity contribution is -0.271. The molecular weight excluding hydrogens is 470 g/mol. The third-order valence-corrected chi connectivity index (χ3v) is 8.02. The van der Waals surface area contributed by atoms with E-state index in [1.807, 2.05) is 20.8 Å². The topological polar surface area (TPSA) is 90.3 Å². The summed E-state index contributed by atoms with van der Waals surface area (Å²) in [6.45, 7) is 17.6. The van der Waals surface area contributed by atoms with Crippen LogP contribution in [0.25, 0.3) is 0 Å². The van der Waals surface area contributed by atoms with E-state index in [4.69, 9.17) is 14.2 Å². The van der Waals surface area contributed by atoms with Gasteiger partial charge in [0.15, 0.2) is 5.79 Å². The molecule has 1 N–H and O–H groups in total. The van der Waals surface area contributed by atoms with E-state index in [-0.39, 0.29) is 23.6 Å². The van der Waals surface area contributed by atoms with E-state index in [9.17, 15) is 10.1 Å². The van der Waals surface area contributed by atoms with Crippen molar-refractivity contribution >= 4 is 5.91 Å². The predicted octanol–water partition coefficient (Wildman–Crippen LogP) is 3.07. The summed E-state index contributed by atoms with van der Waals surface area (Å²) in [5.74, 6) is -1.03. The third-order valence-electron chi connectivity index (χ3n) is 8.02. The minimum Gasteiger partial charge on any atom is -0.358 e. The van der Waals surface area contributed by atoms with Crippen LogP contribution < -0.4 is 5.32 Å². The van der Waals surface area contributed by atoms with Crippen molar-refractivity contribution in [2.75, 3.05) is 53.4 Å². The number of ether oxygens (including phenoxy) is 3. The number of fused-ring (bicyclic) bond motifs is 1. The Balaban J connectivity index is 0.000000479. The van der Waals surface area contributed by atoms with Crippen LogP contribution >= 0.6 is 0 Å². The van der Waals surface area contributed by atoms with Crippen molar-refractivity contribution in [2.24, 2.45) is 0 Å². The molecule has 0 aromatic rings. The maximum absolute atomic E-state index is 10.4. The van der Waals surface area contributed by atoms with Gasteiger partial charge in [0.2, 0.25) is 11.7 Å². The highest BCUT2D eigenvalue weighted by atomic mass is 16.8. The van der Waals surface area contributed by atoms with Crippen molar-refractivity contribution in [3.8, 4) is 6.07 Å². The van der Waals surface area contributed by atoms with Crippen molar-refractivity contribution in [1.82, 2.24) is 20.0 Å². The number of amides is 1. The quantitative estimate of drug-likeness (QED) is 0.549. The van der Waals surface area contributed by atoms with E-state index in [2.05, 4.69) is 34.7 Å². The van der Waals surface area contributed by atoms with Gasteiger partial charge < -0.3 is 29.3 Å². The second-order valence-electron chi connectivity index (χ2n) is 11.8. The number of rotatable bonds is 7. The molecule has 4 heterocycles. The van der Waals surface area contributed by atoms with Crippen LogP contribution in [-0.2, 0) is 19.0 Å². The molecule has 4 saturated heterocycles. The van der Waals surface area contributed by atoms with Crippen molar-refractivity contribution in [3.05, 3.63) is 12.3 Å². The minimum atomic E-state index is -0.626. The fraction of sp³-hybridized carbons (Fsp3) is 0.857. The van der Waals surface area contributed by atoms with Crippen molar-refractivity contribution in [2.45, 2.75) is 102 Å². The fourth-order valence-corrected chi connectivity index (χ4v) is 5.74. The van der Waals surface area contributed by atoms with Gasteiger partial charge in [-0.25, -0.2) is 0 Å². The Kier molecular flexibility index (Phi) is 10.0. The lowest BCUT2D eigenvalue weighted by atomic mass is 9.88. The largest absolute Gasteiger partial charge is 0.358 e. The zero-order valence-electron chi connectivity index (χ0n) is 24.0. The fourth-order valence-electron chi connectivity index (χ4n) is 5.74. The van der Waals surface area contributed by atoms with Crippen LogP contribution in [0.5, 0.6) is 0 Å². The Hall–Kier alpha value is -1.70. The number of nitriles is 1. The van der Waals surface area contributed by atoms with E-state index in [1.165, 1.54) is 0 Å². The Morgan fingerprint density at radius 1 is 1.16 bits per heavy atom. The molecule has 9 nitrogen and oxygen atoms in total. The van der Waals surface area contributed by atoms with Gasteiger partial charge in [0.05, 0.1) is 19.2 Å². The molecule has 4 fully saturated rings. The first kappa shape index (κ1) is 29.9. The smallest absolute Gasteiger partial charge is 0.221 e. The number of hydrogen-bond acceptors (Lipinski definition) is 8. The Morgan fingerprint density at radius 3 is 2.46 bits per heavy atom. The number of piperidine rings is 1. The number of likely N-dealkylation sites (tertiary alicyclic amines) is 2. The zero-order valence-corrected chi connectivity index (χ0v) is 24.0. The van der Waals surface area contributed by atoms with Crippen LogP contribution in [0.4, 0.5) is 0 Å². The first-order valence-corrected chi connectivity index (χ1v) is 14.0. The highest BCUT2D eigenvalue weighted by molar-refractivity contribution is 5.75.